The fourth-order valence-electron chi connectivity index (χ4n) is 5.26. The number of aryl methyl sites for hydroxylation is 1. The van der Waals surface area contributed by atoms with Crippen LogP contribution in [0.1, 0.15) is 74.2 Å². The van der Waals surface area contributed by atoms with Crippen molar-refractivity contribution in [2.75, 3.05) is 13.1 Å². The molecule has 1 N–H and O–H groups in total. The highest BCUT2D eigenvalue weighted by Crippen LogP contribution is 2.30. The van der Waals surface area contributed by atoms with Crippen molar-refractivity contribution in [3.05, 3.63) is 51.6 Å². The second kappa shape index (κ2) is 9.45. The van der Waals surface area contributed by atoms with Gasteiger partial charge in [-0.05, 0) is 37.7 Å². The van der Waals surface area contributed by atoms with Crippen molar-refractivity contribution < 1.29 is 4.79 Å². The quantitative estimate of drug-likeness (QED) is 0.622. The summed E-state index contributed by atoms with van der Waals surface area (Å²) < 4.78 is 1.69. The van der Waals surface area contributed by atoms with E-state index in [0.29, 0.717) is 31.0 Å². The first kappa shape index (κ1) is 21.8. The number of aromatic nitrogens is 5. The van der Waals surface area contributed by atoms with Crippen LogP contribution in [0.4, 0.5) is 0 Å². The molecule has 2 aromatic heterocycles. The maximum Gasteiger partial charge on any atom is 0.281 e. The molecule has 1 atom stereocenters. The van der Waals surface area contributed by atoms with Crippen LogP contribution in [-0.2, 0) is 11.3 Å². The van der Waals surface area contributed by atoms with Gasteiger partial charge in [0.05, 0.1) is 6.54 Å². The van der Waals surface area contributed by atoms with Crippen molar-refractivity contribution in [2.45, 2.75) is 70.8 Å². The van der Waals surface area contributed by atoms with Gasteiger partial charge in [-0.1, -0.05) is 60.7 Å². The number of piperidine rings is 1. The van der Waals surface area contributed by atoms with Gasteiger partial charge in [-0.15, -0.1) is 5.10 Å². The molecule has 3 aromatic rings. The number of benzene rings is 1. The lowest BCUT2D eigenvalue weighted by atomic mass is 9.96. The number of nitrogens with zero attached hydrogens (tertiary/aromatic N) is 5. The first-order chi connectivity index (χ1) is 16.1. The second-order valence-corrected chi connectivity index (χ2v) is 9.72. The molecule has 1 saturated carbocycles. The summed E-state index contributed by atoms with van der Waals surface area (Å²) in [6, 6.07) is 8.21. The minimum absolute atomic E-state index is 0.0222. The SMILES string of the molecule is Cc1ccc(Cn2nnc3c(=O)[nH]c([C@@H]4CCCN(C(=O)CCC5CCCC5)C4)nc32)cc1. The van der Waals surface area contributed by atoms with Crippen LogP contribution in [0.3, 0.4) is 0 Å². The van der Waals surface area contributed by atoms with E-state index < -0.39 is 0 Å². The lowest BCUT2D eigenvalue weighted by Crippen LogP contribution is -2.40. The lowest BCUT2D eigenvalue weighted by Gasteiger charge is -2.32. The topological polar surface area (TPSA) is 96.8 Å². The minimum Gasteiger partial charge on any atom is -0.342 e. The van der Waals surface area contributed by atoms with E-state index in [4.69, 9.17) is 4.98 Å². The third-order valence-corrected chi connectivity index (χ3v) is 7.25. The van der Waals surface area contributed by atoms with Crippen molar-refractivity contribution in [3.63, 3.8) is 0 Å². The Kier molecular flexibility index (Phi) is 6.24. The van der Waals surface area contributed by atoms with E-state index in [1.54, 1.807) is 4.68 Å². The normalized spacial score (nSPS) is 19.4. The smallest absolute Gasteiger partial charge is 0.281 e. The maximum absolute atomic E-state index is 12.9. The molecule has 1 saturated heterocycles. The molecule has 8 nitrogen and oxygen atoms in total. The van der Waals surface area contributed by atoms with Crippen molar-refractivity contribution in [1.29, 1.82) is 0 Å². The zero-order chi connectivity index (χ0) is 22.8. The number of amides is 1. The summed E-state index contributed by atoms with van der Waals surface area (Å²) in [5.74, 6) is 1.61. The average molecular weight is 449 g/mol. The zero-order valence-corrected chi connectivity index (χ0v) is 19.3. The third-order valence-electron chi connectivity index (χ3n) is 7.25. The van der Waals surface area contributed by atoms with Crippen LogP contribution in [-0.4, -0.2) is 48.9 Å². The molecule has 0 bridgehead atoms. The summed E-state index contributed by atoms with van der Waals surface area (Å²) in [4.78, 5) is 35.3. The Hall–Kier alpha value is -3.03. The summed E-state index contributed by atoms with van der Waals surface area (Å²) >= 11 is 0. The van der Waals surface area contributed by atoms with Gasteiger partial charge in [0, 0.05) is 25.4 Å². The highest BCUT2D eigenvalue weighted by atomic mass is 16.2. The Bertz CT molecular complexity index is 1180. The summed E-state index contributed by atoms with van der Waals surface area (Å²) in [7, 11) is 0. The molecule has 3 heterocycles. The molecular weight excluding hydrogens is 416 g/mol. The Morgan fingerprint density at radius 2 is 1.91 bits per heavy atom. The maximum atomic E-state index is 12.9. The van der Waals surface area contributed by atoms with Crippen LogP contribution in [0.15, 0.2) is 29.1 Å². The molecule has 1 aliphatic carbocycles. The Labute approximate surface area is 193 Å². The Morgan fingerprint density at radius 3 is 2.70 bits per heavy atom. The summed E-state index contributed by atoms with van der Waals surface area (Å²) in [5.41, 5.74) is 2.76. The Morgan fingerprint density at radius 1 is 1.12 bits per heavy atom. The summed E-state index contributed by atoms with van der Waals surface area (Å²) in [5, 5.41) is 8.25. The summed E-state index contributed by atoms with van der Waals surface area (Å²) in [6.07, 6.45) is 8.61. The predicted molar refractivity (Wildman–Crippen MR) is 126 cm³/mol. The van der Waals surface area contributed by atoms with Gasteiger partial charge in [0.25, 0.3) is 5.56 Å². The van der Waals surface area contributed by atoms with Crippen molar-refractivity contribution in [1.82, 2.24) is 29.9 Å². The molecular formula is C25H32N6O2. The number of hydrogen-bond donors (Lipinski definition) is 1. The van der Waals surface area contributed by atoms with E-state index in [1.165, 1.54) is 31.2 Å². The van der Waals surface area contributed by atoms with Crippen LogP contribution in [0.25, 0.3) is 11.2 Å². The molecule has 2 fully saturated rings. The van der Waals surface area contributed by atoms with Gasteiger partial charge >= 0.3 is 0 Å². The van der Waals surface area contributed by atoms with E-state index in [9.17, 15) is 9.59 Å². The molecule has 5 rings (SSSR count). The molecule has 174 valence electrons. The number of aromatic amines is 1. The fourth-order valence-corrected chi connectivity index (χ4v) is 5.26. The first-order valence-electron chi connectivity index (χ1n) is 12.2. The fraction of sp³-hybridized carbons (Fsp3) is 0.560. The van der Waals surface area contributed by atoms with Gasteiger partial charge in [-0.3, -0.25) is 9.59 Å². The number of likely N-dealkylation sites (tertiary alicyclic amines) is 1. The number of H-pyrrole nitrogens is 1. The van der Waals surface area contributed by atoms with Crippen LogP contribution < -0.4 is 5.56 Å². The number of fused-ring (bicyclic) bond motifs is 1. The first-order valence-corrected chi connectivity index (χ1v) is 12.2. The minimum atomic E-state index is -0.269. The molecule has 0 radical (unpaired) electrons. The van der Waals surface area contributed by atoms with Gasteiger partial charge in [-0.2, -0.15) is 0 Å². The zero-order valence-electron chi connectivity index (χ0n) is 19.3. The number of hydrogen-bond acceptors (Lipinski definition) is 5. The van der Waals surface area contributed by atoms with Crippen LogP contribution in [0.2, 0.25) is 0 Å². The largest absolute Gasteiger partial charge is 0.342 e. The average Bonchev–Trinajstić information content (AvgIpc) is 3.50. The van der Waals surface area contributed by atoms with Crippen LogP contribution in [0.5, 0.6) is 0 Å². The highest BCUT2D eigenvalue weighted by molar-refractivity contribution is 5.76. The molecule has 1 amide bonds. The summed E-state index contributed by atoms with van der Waals surface area (Å²) in [6.45, 7) is 3.95. The van der Waals surface area contributed by atoms with E-state index in [2.05, 4.69) is 34.4 Å². The van der Waals surface area contributed by atoms with Crippen LogP contribution in [0, 0.1) is 12.8 Å². The second-order valence-electron chi connectivity index (χ2n) is 9.72. The Balaban J connectivity index is 1.32. The molecule has 1 aliphatic heterocycles. The van der Waals surface area contributed by atoms with Crippen molar-refractivity contribution >= 4 is 17.1 Å². The molecule has 8 heteroatoms. The van der Waals surface area contributed by atoms with Gasteiger partial charge in [0.1, 0.15) is 5.82 Å². The molecule has 2 aliphatic rings. The molecule has 0 spiro atoms. The van der Waals surface area contributed by atoms with E-state index in [1.807, 2.05) is 17.0 Å². The molecule has 1 aromatic carbocycles. The van der Waals surface area contributed by atoms with E-state index in [0.717, 1.165) is 37.3 Å². The molecule has 33 heavy (non-hydrogen) atoms. The monoisotopic (exact) mass is 448 g/mol. The van der Waals surface area contributed by atoms with E-state index in [-0.39, 0.29) is 22.9 Å². The number of carbonyl (C=O) groups excluding carboxylic acids is 1. The van der Waals surface area contributed by atoms with Gasteiger partial charge in [0.15, 0.2) is 11.2 Å². The van der Waals surface area contributed by atoms with Gasteiger partial charge in [0.2, 0.25) is 5.91 Å². The standard InChI is InChI=1S/C25H32N6O2/c1-17-8-10-19(11-9-17)15-31-24-22(28-29-31)25(33)27-23(26-24)20-7-4-14-30(16-20)21(32)13-12-18-5-2-3-6-18/h8-11,18,20H,2-7,12-16H2,1H3,(H,26,27,33)/t20-/m1/s1. The predicted octanol–water partition coefficient (Wildman–Crippen LogP) is 3.55. The van der Waals surface area contributed by atoms with Crippen molar-refractivity contribution in [2.24, 2.45) is 5.92 Å². The van der Waals surface area contributed by atoms with Crippen LogP contribution >= 0.6 is 0 Å². The molecule has 0 unspecified atom stereocenters. The van der Waals surface area contributed by atoms with Crippen molar-refractivity contribution in [3.8, 4) is 0 Å². The van der Waals surface area contributed by atoms with Gasteiger partial charge in [-0.25, -0.2) is 9.67 Å². The highest BCUT2D eigenvalue weighted by Gasteiger charge is 2.28. The number of nitrogens with one attached hydrogen (secondary N) is 1. The number of rotatable bonds is 6. The van der Waals surface area contributed by atoms with E-state index >= 15 is 0 Å². The number of carbonyl (C=O) groups is 1. The van der Waals surface area contributed by atoms with Gasteiger partial charge < -0.3 is 9.88 Å². The lowest BCUT2D eigenvalue weighted by molar-refractivity contribution is -0.132. The third kappa shape index (κ3) is 4.84.